The second kappa shape index (κ2) is 14.2. The molecular formula is C29H30Cl2N4. The Morgan fingerprint density at radius 2 is 1.57 bits per heavy atom. The molecule has 0 N–H and O–H groups in total. The quantitative estimate of drug-likeness (QED) is 0.491. The van der Waals surface area contributed by atoms with Gasteiger partial charge in [0.1, 0.15) is 6.54 Å². The zero-order valence-corrected chi connectivity index (χ0v) is 21.7. The lowest BCUT2D eigenvalue weighted by molar-refractivity contribution is -0.521. The summed E-state index contributed by atoms with van der Waals surface area (Å²) in [6.45, 7) is 7.34. The number of anilines is 1. The molecule has 180 valence electrons. The minimum absolute atomic E-state index is 0. The fraction of sp³-hybridized carbons (Fsp3) is 0.276. The molecule has 0 aromatic heterocycles. The van der Waals surface area contributed by atoms with Gasteiger partial charge < -0.3 is 17.3 Å². The Morgan fingerprint density at radius 3 is 2.14 bits per heavy atom. The first-order chi connectivity index (χ1) is 16.6. The van der Waals surface area contributed by atoms with Crippen molar-refractivity contribution in [1.29, 1.82) is 10.5 Å². The Balaban J connectivity index is 0.00000432. The molecule has 0 saturated carbocycles. The van der Waals surface area contributed by atoms with Crippen LogP contribution in [0, 0.1) is 22.7 Å². The van der Waals surface area contributed by atoms with Gasteiger partial charge >= 0.3 is 0 Å². The number of rotatable bonds is 9. The first kappa shape index (κ1) is 27.9. The van der Waals surface area contributed by atoms with Crippen molar-refractivity contribution < 1.29 is 17.0 Å². The third-order valence-electron chi connectivity index (χ3n) is 5.94. The molecule has 0 aliphatic heterocycles. The summed E-state index contributed by atoms with van der Waals surface area (Å²) in [5, 5.41) is 18.6. The van der Waals surface area contributed by atoms with Crippen LogP contribution in [0.15, 0.2) is 78.4 Å². The van der Waals surface area contributed by atoms with E-state index < -0.39 is 0 Å². The summed E-state index contributed by atoms with van der Waals surface area (Å²) >= 11 is 6.64. The molecule has 0 heterocycles. The molecule has 0 radical (unpaired) electrons. The molecule has 0 saturated heterocycles. The molecule has 0 amide bonds. The average Bonchev–Trinajstić information content (AvgIpc) is 2.88. The molecule has 0 atom stereocenters. The summed E-state index contributed by atoms with van der Waals surface area (Å²) in [5.74, 6) is 0. The van der Waals surface area contributed by atoms with E-state index >= 15 is 0 Å². The number of nitriles is 2. The Bertz CT molecular complexity index is 1190. The van der Waals surface area contributed by atoms with Gasteiger partial charge in [-0.1, -0.05) is 41.9 Å². The van der Waals surface area contributed by atoms with E-state index in [-0.39, 0.29) is 12.4 Å². The predicted molar refractivity (Wildman–Crippen MR) is 141 cm³/mol. The van der Waals surface area contributed by atoms with E-state index in [0.29, 0.717) is 31.0 Å². The molecular weight excluding hydrogens is 475 g/mol. The van der Waals surface area contributed by atoms with Crippen LogP contribution in [0.25, 0.3) is 5.57 Å². The zero-order valence-electron chi connectivity index (χ0n) is 20.2. The highest BCUT2D eigenvalue weighted by Crippen LogP contribution is 2.34. The van der Waals surface area contributed by atoms with Crippen LogP contribution in [0.5, 0.6) is 0 Å². The Morgan fingerprint density at radius 1 is 0.914 bits per heavy atom. The number of hydrogen-bond acceptors (Lipinski definition) is 3. The topological polar surface area (TPSA) is 53.8 Å². The maximum atomic E-state index is 8.95. The van der Waals surface area contributed by atoms with Gasteiger partial charge in [-0.2, -0.15) is 10.5 Å². The molecule has 6 heteroatoms. The normalized spacial score (nSPS) is 11.9. The van der Waals surface area contributed by atoms with Gasteiger partial charge in [-0.15, -0.1) is 0 Å². The number of nitrogens with zero attached hydrogens (tertiary/aromatic N) is 4. The van der Waals surface area contributed by atoms with E-state index in [0.717, 1.165) is 46.8 Å². The molecule has 35 heavy (non-hydrogen) atoms. The highest BCUT2D eigenvalue weighted by atomic mass is 35.5. The highest BCUT2D eigenvalue weighted by Gasteiger charge is 2.17. The second-order valence-corrected chi connectivity index (χ2v) is 8.33. The van der Waals surface area contributed by atoms with Gasteiger partial charge in [0.25, 0.3) is 0 Å². The summed E-state index contributed by atoms with van der Waals surface area (Å²) in [5.41, 5.74) is 6.43. The van der Waals surface area contributed by atoms with Crippen molar-refractivity contribution in [3.05, 3.63) is 94.6 Å². The van der Waals surface area contributed by atoms with Gasteiger partial charge in [0.15, 0.2) is 12.3 Å². The van der Waals surface area contributed by atoms with Gasteiger partial charge in [-0.05, 0) is 60.9 Å². The Hall–Kier alpha value is -3.31. The van der Waals surface area contributed by atoms with E-state index in [9.17, 15) is 0 Å². The molecule has 0 unspecified atom stereocenters. The van der Waals surface area contributed by atoms with Crippen molar-refractivity contribution in [2.45, 2.75) is 26.7 Å². The van der Waals surface area contributed by atoms with Crippen molar-refractivity contribution >= 4 is 28.6 Å². The van der Waals surface area contributed by atoms with E-state index in [2.05, 4.69) is 90.1 Å². The number of hydrogen-bond donors (Lipinski definition) is 0. The minimum atomic E-state index is 0. The van der Waals surface area contributed by atoms with E-state index in [1.165, 1.54) is 0 Å². The first-order valence-electron chi connectivity index (χ1n) is 11.7. The summed E-state index contributed by atoms with van der Waals surface area (Å²) in [6.07, 6.45) is 9.48. The summed E-state index contributed by atoms with van der Waals surface area (Å²) in [4.78, 5) is 2.21. The van der Waals surface area contributed by atoms with Crippen LogP contribution < -0.4 is 17.3 Å². The van der Waals surface area contributed by atoms with Crippen molar-refractivity contribution in [1.82, 2.24) is 0 Å². The molecule has 0 bridgehead atoms. The van der Waals surface area contributed by atoms with Crippen molar-refractivity contribution in [3.8, 4) is 12.1 Å². The Kier molecular flexibility index (Phi) is 11.3. The summed E-state index contributed by atoms with van der Waals surface area (Å²) < 4.78 is 2.21. The van der Waals surface area contributed by atoms with Crippen LogP contribution in [0.2, 0.25) is 5.02 Å². The van der Waals surface area contributed by atoms with E-state index in [1.807, 2.05) is 18.2 Å². The third-order valence-corrected chi connectivity index (χ3v) is 6.27. The molecule has 4 nitrogen and oxygen atoms in total. The van der Waals surface area contributed by atoms with Crippen molar-refractivity contribution in [3.63, 3.8) is 0 Å². The summed E-state index contributed by atoms with van der Waals surface area (Å²) in [6, 6.07) is 20.9. The van der Waals surface area contributed by atoms with Crippen molar-refractivity contribution in [2.24, 2.45) is 0 Å². The Labute approximate surface area is 220 Å². The standard InChI is InChI=1S/C29H30ClN4.ClH/c1-3-33(21-7-19-31)25-15-11-23(12-16-25)29(27-9-5-6-10-28(27)30)24-13-17-26(18-14-24)34(4-2)22-8-20-32;/h5-6,9-18H,3-4,7-8,21-22H2,1-2H3;1H/q+1;/p-1. The van der Waals surface area contributed by atoms with Crippen molar-refractivity contribution in [2.75, 3.05) is 31.1 Å². The largest absolute Gasteiger partial charge is 1.00 e. The molecule has 1 aliphatic carbocycles. The van der Waals surface area contributed by atoms with Gasteiger partial charge in [0.2, 0.25) is 0 Å². The number of halogens is 2. The van der Waals surface area contributed by atoms with Gasteiger partial charge in [-0.3, -0.25) is 0 Å². The summed E-state index contributed by atoms with van der Waals surface area (Å²) in [7, 11) is 0. The van der Waals surface area contributed by atoms with Gasteiger partial charge in [-0.25, -0.2) is 4.58 Å². The second-order valence-electron chi connectivity index (χ2n) is 7.92. The minimum Gasteiger partial charge on any atom is -1.00 e. The van der Waals surface area contributed by atoms with Crippen LogP contribution in [0.1, 0.15) is 37.8 Å². The molecule has 1 aliphatic rings. The third kappa shape index (κ3) is 7.09. The molecule has 3 rings (SSSR count). The first-order valence-corrected chi connectivity index (χ1v) is 12.1. The number of allylic oxidation sites excluding steroid dienone is 5. The number of benzene rings is 2. The zero-order chi connectivity index (χ0) is 24.3. The van der Waals surface area contributed by atoms with Crippen LogP contribution in [-0.2, 0) is 0 Å². The lowest BCUT2D eigenvalue weighted by Crippen LogP contribution is -3.00. The molecule has 0 fully saturated rings. The smallest absolute Gasteiger partial charge is 0.199 e. The fourth-order valence-corrected chi connectivity index (χ4v) is 4.36. The van der Waals surface area contributed by atoms with Gasteiger partial charge in [0, 0.05) is 41.5 Å². The maximum absolute atomic E-state index is 8.95. The van der Waals surface area contributed by atoms with E-state index in [1.54, 1.807) is 0 Å². The molecule has 2 aromatic rings. The highest BCUT2D eigenvalue weighted by molar-refractivity contribution is 6.32. The average molecular weight is 505 g/mol. The fourth-order valence-electron chi connectivity index (χ4n) is 4.13. The SMILES string of the molecule is CCN(CCC#N)c1ccc(C(=C2C=CC(=[N+](CC)CCC#N)C=C2)c2ccccc2Cl)cc1.[Cl-]. The maximum Gasteiger partial charge on any atom is 0.199 e. The lowest BCUT2D eigenvalue weighted by Gasteiger charge is -2.22. The van der Waals surface area contributed by atoms with Crippen LogP contribution in [-0.4, -0.2) is 36.5 Å². The lowest BCUT2D eigenvalue weighted by atomic mass is 9.90. The monoisotopic (exact) mass is 504 g/mol. The molecule has 0 spiro atoms. The van der Waals surface area contributed by atoms with Crippen LogP contribution >= 0.6 is 11.6 Å². The van der Waals surface area contributed by atoms with Crippen LogP contribution in [0.4, 0.5) is 5.69 Å². The van der Waals surface area contributed by atoms with Crippen LogP contribution in [0.3, 0.4) is 0 Å². The van der Waals surface area contributed by atoms with E-state index in [4.69, 9.17) is 22.1 Å². The predicted octanol–water partition coefficient (Wildman–Crippen LogP) is 3.40. The molecule has 2 aromatic carbocycles. The van der Waals surface area contributed by atoms with Gasteiger partial charge in [0.05, 0.1) is 25.0 Å².